The summed E-state index contributed by atoms with van der Waals surface area (Å²) in [4.78, 5) is 2.39. The molecule has 0 fully saturated rings. The van der Waals surface area contributed by atoms with Crippen LogP contribution in [0.1, 0.15) is 0 Å². The fourth-order valence-corrected chi connectivity index (χ4v) is 6.89. The Kier molecular flexibility index (Phi) is 6.17. The Hall–Kier alpha value is -6.12. The first-order valence-electron chi connectivity index (χ1n) is 15.7. The van der Waals surface area contributed by atoms with Crippen LogP contribution in [-0.4, -0.2) is 0 Å². The topological polar surface area (TPSA) is 16.4 Å². The van der Waals surface area contributed by atoms with Gasteiger partial charge in [-0.3, -0.25) is 0 Å². The summed E-state index contributed by atoms with van der Waals surface area (Å²) < 4.78 is 6.54. The third kappa shape index (κ3) is 4.35. The second-order valence-corrected chi connectivity index (χ2v) is 11.7. The smallest absolute Gasteiger partial charge is 0.143 e. The summed E-state index contributed by atoms with van der Waals surface area (Å²) in [6, 6.07) is 62.7. The molecule has 0 radical (unpaired) electrons. The van der Waals surface area contributed by atoms with Gasteiger partial charge in [-0.05, 0) is 75.5 Å². The SMILES string of the molecule is c1ccc(-c2cccc(N(c3cccc(-c4cccc5oc6c7ccccc7ccc6c45)c3)c3cccc4ccccc34)c2)cc1. The highest BCUT2D eigenvalue weighted by atomic mass is 16.3. The Balaban J connectivity index is 1.26. The number of nitrogens with zero attached hydrogens (tertiary/aromatic N) is 1. The molecule has 1 heterocycles. The van der Waals surface area contributed by atoms with E-state index < -0.39 is 0 Å². The second kappa shape index (κ2) is 10.8. The van der Waals surface area contributed by atoms with E-state index in [9.17, 15) is 0 Å². The first kappa shape index (κ1) is 26.3. The standard InChI is InChI=1S/C44H29NO/c1-2-12-30(13-3-1)33-17-8-19-35(28-33)45(41-24-10-16-31-14-4-6-21-37(31)41)36-20-9-18-34(29-36)38-23-11-25-42-43(38)40-27-26-32-15-5-7-22-39(32)44(40)46-42/h1-29H. The fourth-order valence-electron chi connectivity index (χ4n) is 6.89. The summed E-state index contributed by atoms with van der Waals surface area (Å²) in [7, 11) is 0. The molecular weight excluding hydrogens is 558 g/mol. The minimum atomic E-state index is 0.899. The number of benzene rings is 8. The number of hydrogen-bond donors (Lipinski definition) is 0. The fraction of sp³-hybridized carbons (Fsp3) is 0. The highest BCUT2D eigenvalue weighted by Crippen LogP contribution is 2.43. The lowest BCUT2D eigenvalue weighted by Crippen LogP contribution is -2.10. The zero-order valence-electron chi connectivity index (χ0n) is 25.1. The highest BCUT2D eigenvalue weighted by Gasteiger charge is 2.19. The molecule has 2 heteroatoms. The molecule has 2 nitrogen and oxygen atoms in total. The molecule has 0 atom stereocenters. The lowest BCUT2D eigenvalue weighted by molar-refractivity contribution is 0.673. The molecule has 0 unspecified atom stereocenters. The molecule has 216 valence electrons. The molecule has 0 amide bonds. The summed E-state index contributed by atoms with van der Waals surface area (Å²) in [6.45, 7) is 0. The molecule has 0 aliphatic rings. The Bertz CT molecular complexity index is 2540. The number of hydrogen-bond acceptors (Lipinski definition) is 2. The number of anilines is 3. The van der Waals surface area contributed by atoms with Crippen molar-refractivity contribution in [2.24, 2.45) is 0 Å². The third-order valence-corrected chi connectivity index (χ3v) is 9.02. The maximum Gasteiger partial charge on any atom is 0.143 e. The molecule has 0 aliphatic carbocycles. The Morgan fingerprint density at radius 3 is 1.83 bits per heavy atom. The van der Waals surface area contributed by atoms with Crippen LogP contribution in [0.4, 0.5) is 17.1 Å². The van der Waals surface area contributed by atoms with E-state index in [1.54, 1.807) is 0 Å². The van der Waals surface area contributed by atoms with Crippen LogP contribution in [0.3, 0.4) is 0 Å². The maximum atomic E-state index is 6.54. The van der Waals surface area contributed by atoms with E-state index >= 15 is 0 Å². The van der Waals surface area contributed by atoms with Crippen LogP contribution in [0, 0.1) is 0 Å². The predicted octanol–water partition coefficient (Wildman–Crippen LogP) is 12.7. The van der Waals surface area contributed by atoms with E-state index in [1.807, 2.05) is 0 Å². The van der Waals surface area contributed by atoms with Crippen molar-refractivity contribution in [3.05, 3.63) is 176 Å². The van der Waals surface area contributed by atoms with E-state index in [1.165, 1.54) is 27.3 Å². The van der Waals surface area contributed by atoms with Gasteiger partial charge >= 0.3 is 0 Å². The normalized spacial score (nSPS) is 11.5. The van der Waals surface area contributed by atoms with Gasteiger partial charge in [-0.1, -0.05) is 133 Å². The van der Waals surface area contributed by atoms with Crippen LogP contribution in [-0.2, 0) is 0 Å². The highest BCUT2D eigenvalue weighted by molar-refractivity contribution is 6.19. The van der Waals surface area contributed by atoms with Crippen LogP contribution in [0.2, 0.25) is 0 Å². The molecule has 0 aliphatic heterocycles. The van der Waals surface area contributed by atoms with Gasteiger partial charge < -0.3 is 9.32 Å². The predicted molar refractivity (Wildman–Crippen MR) is 194 cm³/mol. The molecule has 0 N–H and O–H groups in total. The number of fused-ring (bicyclic) bond motifs is 6. The van der Waals surface area contributed by atoms with Crippen molar-refractivity contribution in [2.75, 3.05) is 4.90 Å². The van der Waals surface area contributed by atoms with Gasteiger partial charge in [0, 0.05) is 32.9 Å². The molecule has 8 aromatic carbocycles. The van der Waals surface area contributed by atoms with E-state index in [2.05, 4.69) is 181 Å². The van der Waals surface area contributed by atoms with E-state index in [4.69, 9.17) is 4.42 Å². The number of rotatable bonds is 5. The van der Waals surface area contributed by atoms with Crippen LogP contribution >= 0.6 is 0 Å². The minimum Gasteiger partial charge on any atom is -0.455 e. The molecule has 9 aromatic rings. The first-order chi connectivity index (χ1) is 22.8. The van der Waals surface area contributed by atoms with Crippen LogP contribution < -0.4 is 4.90 Å². The van der Waals surface area contributed by atoms with Crippen molar-refractivity contribution in [3.8, 4) is 22.3 Å². The van der Waals surface area contributed by atoms with E-state index in [0.717, 1.165) is 55.5 Å². The average molecular weight is 588 g/mol. The first-order valence-corrected chi connectivity index (χ1v) is 15.7. The van der Waals surface area contributed by atoms with E-state index in [-0.39, 0.29) is 0 Å². The van der Waals surface area contributed by atoms with Crippen LogP contribution in [0.5, 0.6) is 0 Å². The molecule has 0 saturated heterocycles. The Labute approximate surface area is 267 Å². The largest absolute Gasteiger partial charge is 0.455 e. The third-order valence-electron chi connectivity index (χ3n) is 9.02. The summed E-state index contributed by atoms with van der Waals surface area (Å²) in [5.74, 6) is 0. The van der Waals surface area contributed by atoms with E-state index in [0.29, 0.717) is 0 Å². The molecule has 9 rings (SSSR count). The zero-order valence-corrected chi connectivity index (χ0v) is 25.1. The van der Waals surface area contributed by atoms with Gasteiger partial charge in [0.1, 0.15) is 11.2 Å². The summed E-state index contributed by atoms with van der Waals surface area (Å²) in [5, 5.41) is 7.01. The van der Waals surface area contributed by atoms with Crippen molar-refractivity contribution in [1.29, 1.82) is 0 Å². The number of furan rings is 1. The van der Waals surface area contributed by atoms with Gasteiger partial charge in [0.05, 0.1) is 5.69 Å². The molecule has 1 aromatic heterocycles. The van der Waals surface area contributed by atoms with Crippen molar-refractivity contribution in [3.63, 3.8) is 0 Å². The average Bonchev–Trinajstić information content (AvgIpc) is 3.52. The van der Waals surface area contributed by atoms with Crippen molar-refractivity contribution >= 4 is 60.5 Å². The minimum absolute atomic E-state index is 0.899. The molecule has 0 saturated carbocycles. The van der Waals surface area contributed by atoms with Crippen LogP contribution in [0.25, 0.3) is 65.7 Å². The monoisotopic (exact) mass is 587 g/mol. The molecular formula is C44H29NO. The van der Waals surface area contributed by atoms with Crippen molar-refractivity contribution in [2.45, 2.75) is 0 Å². The van der Waals surface area contributed by atoms with Gasteiger partial charge in [0.15, 0.2) is 0 Å². The lowest BCUT2D eigenvalue weighted by atomic mass is 9.97. The summed E-state index contributed by atoms with van der Waals surface area (Å²) >= 11 is 0. The second-order valence-electron chi connectivity index (χ2n) is 11.7. The lowest BCUT2D eigenvalue weighted by Gasteiger charge is -2.28. The molecule has 46 heavy (non-hydrogen) atoms. The molecule has 0 bridgehead atoms. The zero-order chi connectivity index (χ0) is 30.5. The van der Waals surface area contributed by atoms with Crippen molar-refractivity contribution in [1.82, 2.24) is 0 Å². The van der Waals surface area contributed by atoms with Gasteiger partial charge in [-0.2, -0.15) is 0 Å². The molecule has 0 spiro atoms. The summed E-state index contributed by atoms with van der Waals surface area (Å²) in [6.07, 6.45) is 0. The Morgan fingerprint density at radius 1 is 0.391 bits per heavy atom. The van der Waals surface area contributed by atoms with Crippen LogP contribution in [0.15, 0.2) is 180 Å². The summed E-state index contributed by atoms with van der Waals surface area (Å²) in [5.41, 5.74) is 9.85. The maximum absolute atomic E-state index is 6.54. The van der Waals surface area contributed by atoms with Gasteiger partial charge in [0.25, 0.3) is 0 Å². The Morgan fingerprint density at radius 2 is 1.00 bits per heavy atom. The quantitative estimate of drug-likeness (QED) is 0.199. The van der Waals surface area contributed by atoms with Gasteiger partial charge in [0.2, 0.25) is 0 Å². The van der Waals surface area contributed by atoms with Crippen molar-refractivity contribution < 1.29 is 4.42 Å². The van der Waals surface area contributed by atoms with Gasteiger partial charge in [-0.25, -0.2) is 0 Å². The van der Waals surface area contributed by atoms with Gasteiger partial charge in [-0.15, -0.1) is 0 Å².